The highest BCUT2D eigenvalue weighted by molar-refractivity contribution is 4.93. The van der Waals surface area contributed by atoms with Crippen molar-refractivity contribution in [2.24, 2.45) is 0 Å². The molecule has 90 valence electrons. The highest BCUT2D eigenvalue weighted by atomic mass is 16.5. The number of ether oxygens (including phenoxy) is 2. The molecule has 1 aromatic heterocycles. The van der Waals surface area contributed by atoms with Crippen LogP contribution >= 0.6 is 0 Å². The Morgan fingerprint density at radius 1 is 1.56 bits per heavy atom. The normalized spacial score (nSPS) is 25.1. The van der Waals surface area contributed by atoms with E-state index in [1.54, 1.807) is 10.9 Å². The number of nitrogens with zero attached hydrogens (tertiary/aromatic N) is 3. The van der Waals surface area contributed by atoms with Crippen LogP contribution in [-0.4, -0.2) is 57.7 Å². The van der Waals surface area contributed by atoms with Crippen LogP contribution < -0.4 is 0 Å². The Morgan fingerprint density at radius 3 is 3.12 bits per heavy atom. The molecule has 0 amide bonds. The number of aliphatic hydroxyl groups is 2. The van der Waals surface area contributed by atoms with Crippen molar-refractivity contribution in [2.45, 2.75) is 18.8 Å². The molecule has 2 heterocycles. The number of aromatic nitrogens is 3. The first-order valence-corrected chi connectivity index (χ1v) is 5.16. The van der Waals surface area contributed by atoms with Gasteiger partial charge < -0.3 is 19.7 Å². The summed E-state index contributed by atoms with van der Waals surface area (Å²) in [6, 6.07) is -0.168. The molecule has 16 heavy (non-hydrogen) atoms. The van der Waals surface area contributed by atoms with Crippen molar-refractivity contribution >= 4 is 0 Å². The van der Waals surface area contributed by atoms with Gasteiger partial charge in [-0.3, -0.25) is 0 Å². The predicted octanol–water partition coefficient (Wildman–Crippen LogP) is -1.28. The second-order valence-corrected chi connectivity index (χ2v) is 3.64. The Labute approximate surface area is 92.6 Å². The molecule has 0 unspecified atom stereocenters. The summed E-state index contributed by atoms with van der Waals surface area (Å²) in [4.78, 5) is 0. The Bertz CT molecular complexity index is 330. The molecular weight excluding hydrogens is 214 g/mol. The van der Waals surface area contributed by atoms with Crippen LogP contribution in [0.2, 0.25) is 0 Å². The van der Waals surface area contributed by atoms with Crippen LogP contribution in [-0.2, 0) is 16.1 Å². The minimum absolute atomic E-state index is 0.0106. The van der Waals surface area contributed by atoms with Crippen LogP contribution in [0, 0.1) is 0 Å². The average Bonchev–Trinajstić information content (AvgIpc) is 2.87. The molecule has 0 radical (unpaired) electrons. The summed E-state index contributed by atoms with van der Waals surface area (Å²) in [6.07, 6.45) is 1.19. The summed E-state index contributed by atoms with van der Waals surface area (Å²) in [5, 5.41) is 25.9. The van der Waals surface area contributed by atoms with E-state index in [1.807, 2.05) is 0 Å². The molecule has 0 aromatic carbocycles. The second-order valence-electron chi connectivity index (χ2n) is 3.64. The summed E-state index contributed by atoms with van der Waals surface area (Å²) in [7, 11) is 0. The molecule has 0 saturated carbocycles. The monoisotopic (exact) mass is 229 g/mol. The van der Waals surface area contributed by atoms with Gasteiger partial charge in [-0.15, -0.1) is 5.10 Å². The lowest BCUT2D eigenvalue weighted by Crippen LogP contribution is -2.22. The molecule has 0 bridgehead atoms. The van der Waals surface area contributed by atoms with Crippen LogP contribution in [0.15, 0.2) is 6.20 Å². The third-order valence-electron chi connectivity index (χ3n) is 2.40. The molecule has 1 fully saturated rings. The standard InChI is InChI=1S/C9H15N3O4/c13-1-2-15-4-7-3-12(11-10-7)8-5-16-6-9(8)14/h3,8-9,13-14H,1-2,4-6H2/t8-,9-/m1/s1. The number of hydrogen-bond acceptors (Lipinski definition) is 6. The van der Waals surface area contributed by atoms with Crippen LogP contribution in [0.5, 0.6) is 0 Å². The SMILES string of the molecule is OCCOCc1cn([C@@H]2COC[C@H]2O)nn1. The number of hydrogen-bond donors (Lipinski definition) is 2. The minimum atomic E-state index is -0.534. The van der Waals surface area contributed by atoms with Crippen molar-refractivity contribution in [1.29, 1.82) is 0 Å². The lowest BCUT2D eigenvalue weighted by molar-refractivity contribution is 0.0796. The first-order valence-electron chi connectivity index (χ1n) is 5.16. The third kappa shape index (κ3) is 2.56. The van der Waals surface area contributed by atoms with E-state index >= 15 is 0 Å². The van der Waals surface area contributed by atoms with Gasteiger partial charge in [-0.2, -0.15) is 0 Å². The lowest BCUT2D eigenvalue weighted by Gasteiger charge is -2.10. The Kier molecular flexibility index (Phi) is 3.83. The molecule has 2 rings (SSSR count). The van der Waals surface area contributed by atoms with Crippen molar-refractivity contribution in [2.75, 3.05) is 26.4 Å². The summed E-state index contributed by atoms with van der Waals surface area (Å²) < 4.78 is 11.8. The predicted molar refractivity (Wildman–Crippen MR) is 52.6 cm³/mol. The minimum Gasteiger partial charge on any atom is -0.394 e. The average molecular weight is 229 g/mol. The molecule has 0 spiro atoms. The summed E-state index contributed by atoms with van der Waals surface area (Å²) in [5.74, 6) is 0. The zero-order chi connectivity index (χ0) is 11.4. The molecule has 7 heteroatoms. The molecule has 1 aromatic rings. The fraction of sp³-hybridized carbons (Fsp3) is 0.778. The van der Waals surface area contributed by atoms with Gasteiger partial charge in [0.2, 0.25) is 0 Å². The highest BCUT2D eigenvalue weighted by Gasteiger charge is 2.28. The maximum absolute atomic E-state index is 9.59. The molecule has 1 aliphatic rings. The van der Waals surface area contributed by atoms with Crippen molar-refractivity contribution in [3.05, 3.63) is 11.9 Å². The van der Waals surface area contributed by atoms with E-state index in [0.717, 1.165) is 0 Å². The zero-order valence-corrected chi connectivity index (χ0v) is 8.82. The molecule has 1 saturated heterocycles. The summed E-state index contributed by atoms with van der Waals surface area (Å²) in [5.41, 5.74) is 0.674. The number of rotatable bonds is 5. The van der Waals surface area contributed by atoms with Gasteiger partial charge in [0.25, 0.3) is 0 Å². The van der Waals surface area contributed by atoms with Crippen LogP contribution in [0.1, 0.15) is 11.7 Å². The smallest absolute Gasteiger partial charge is 0.108 e. The van der Waals surface area contributed by atoms with Gasteiger partial charge >= 0.3 is 0 Å². The highest BCUT2D eigenvalue weighted by Crippen LogP contribution is 2.18. The molecular formula is C9H15N3O4. The van der Waals surface area contributed by atoms with Crippen LogP contribution in [0.4, 0.5) is 0 Å². The van der Waals surface area contributed by atoms with E-state index in [0.29, 0.717) is 25.5 Å². The Morgan fingerprint density at radius 2 is 2.44 bits per heavy atom. The van der Waals surface area contributed by atoms with E-state index in [-0.39, 0.29) is 19.3 Å². The lowest BCUT2D eigenvalue weighted by atomic mass is 10.2. The van der Waals surface area contributed by atoms with Gasteiger partial charge in [0, 0.05) is 0 Å². The summed E-state index contributed by atoms with van der Waals surface area (Å²) in [6.45, 7) is 1.36. The topological polar surface area (TPSA) is 89.6 Å². The molecule has 0 aliphatic carbocycles. The Hall–Kier alpha value is -1.02. The van der Waals surface area contributed by atoms with E-state index < -0.39 is 6.10 Å². The van der Waals surface area contributed by atoms with Crippen LogP contribution in [0.25, 0.3) is 0 Å². The van der Waals surface area contributed by atoms with Gasteiger partial charge in [0.05, 0.1) is 39.2 Å². The van der Waals surface area contributed by atoms with Crippen molar-refractivity contribution < 1.29 is 19.7 Å². The first-order chi connectivity index (χ1) is 7.81. The van der Waals surface area contributed by atoms with E-state index in [1.165, 1.54) is 0 Å². The van der Waals surface area contributed by atoms with Gasteiger partial charge in [-0.1, -0.05) is 5.21 Å². The van der Waals surface area contributed by atoms with Crippen molar-refractivity contribution in [1.82, 2.24) is 15.0 Å². The second kappa shape index (κ2) is 5.35. The van der Waals surface area contributed by atoms with E-state index in [2.05, 4.69) is 10.3 Å². The molecule has 2 atom stereocenters. The van der Waals surface area contributed by atoms with Gasteiger partial charge in [0.15, 0.2) is 0 Å². The fourth-order valence-corrected chi connectivity index (χ4v) is 1.57. The third-order valence-corrected chi connectivity index (χ3v) is 2.40. The van der Waals surface area contributed by atoms with Gasteiger partial charge in [0.1, 0.15) is 17.8 Å². The molecule has 2 N–H and O–H groups in total. The van der Waals surface area contributed by atoms with E-state index in [9.17, 15) is 5.11 Å². The van der Waals surface area contributed by atoms with Crippen molar-refractivity contribution in [3.63, 3.8) is 0 Å². The Balaban J connectivity index is 1.91. The quantitative estimate of drug-likeness (QED) is 0.611. The van der Waals surface area contributed by atoms with Gasteiger partial charge in [-0.05, 0) is 0 Å². The van der Waals surface area contributed by atoms with Gasteiger partial charge in [-0.25, -0.2) is 4.68 Å². The first kappa shape index (κ1) is 11.5. The van der Waals surface area contributed by atoms with E-state index in [4.69, 9.17) is 14.6 Å². The number of aliphatic hydroxyl groups excluding tert-OH is 2. The largest absolute Gasteiger partial charge is 0.394 e. The van der Waals surface area contributed by atoms with Crippen molar-refractivity contribution in [3.8, 4) is 0 Å². The summed E-state index contributed by atoms with van der Waals surface area (Å²) >= 11 is 0. The fourth-order valence-electron chi connectivity index (χ4n) is 1.57. The molecule has 7 nitrogen and oxygen atoms in total. The van der Waals surface area contributed by atoms with Crippen LogP contribution in [0.3, 0.4) is 0 Å². The zero-order valence-electron chi connectivity index (χ0n) is 8.82. The maximum Gasteiger partial charge on any atom is 0.108 e. The maximum atomic E-state index is 9.59. The molecule has 1 aliphatic heterocycles.